The number of pyridine rings is 1. The molecule has 25 heavy (non-hydrogen) atoms. The SMILES string of the molecule is CC(=O)c1ccc(C#Cc2ccc3c(c2)C(C)(C)CCC3(C)C)cn1. The number of nitrogens with zero attached hydrogens (tertiary/aromatic N) is 1. The lowest BCUT2D eigenvalue weighted by Gasteiger charge is -2.41. The molecule has 0 saturated heterocycles. The van der Waals surface area contributed by atoms with Gasteiger partial charge in [0.05, 0.1) is 0 Å². The second-order valence-electron chi connectivity index (χ2n) is 8.27. The summed E-state index contributed by atoms with van der Waals surface area (Å²) in [5.41, 5.74) is 5.60. The zero-order valence-electron chi connectivity index (χ0n) is 15.7. The number of ketones is 1. The van der Waals surface area contributed by atoms with Crippen molar-refractivity contribution in [1.82, 2.24) is 4.98 Å². The van der Waals surface area contributed by atoms with Crippen LogP contribution in [0.2, 0.25) is 0 Å². The molecule has 0 spiro atoms. The molecule has 0 amide bonds. The number of aromatic nitrogens is 1. The average Bonchev–Trinajstić information content (AvgIpc) is 2.57. The molecule has 0 aliphatic heterocycles. The minimum Gasteiger partial charge on any atom is -0.293 e. The smallest absolute Gasteiger partial charge is 0.178 e. The lowest BCUT2D eigenvalue weighted by Crippen LogP contribution is -2.33. The molecular weight excluding hydrogens is 306 g/mol. The molecule has 0 N–H and O–H groups in total. The van der Waals surface area contributed by atoms with Crippen molar-refractivity contribution in [3.05, 3.63) is 64.5 Å². The van der Waals surface area contributed by atoms with Gasteiger partial charge in [-0.3, -0.25) is 9.78 Å². The van der Waals surface area contributed by atoms with Crippen molar-refractivity contribution < 1.29 is 4.79 Å². The quantitative estimate of drug-likeness (QED) is 0.542. The van der Waals surface area contributed by atoms with E-state index in [9.17, 15) is 4.79 Å². The van der Waals surface area contributed by atoms with Crippen LogP contribution in [0, 0.1) is 11.8 Å². The van der Waals surface area contributed by atoms with E-state index in [1.165, 1.54) is 30.9 Å². The van der Waals surface area contributed by atoms with Crippen LogP contribution in [-0.4, -0.2) is 10.8 Å². The minimum absolute atomic E-state index is 0.0287. The van der Waals surface area contributed by atoms with Crippen molar-refractivity contribution in [3.63, 3.8) is 0 Å². The summed E-state index contributed by atoms with van der Waals surface area (Å²) in [5.74, 6) is 6.38. The molecule has 0 atom stereocenters. The van der Waals surface area contributed by atoms with E-state index in [1.807, 2.05) is 6.07 Å². The highest BCUT2D eigenvalue weighted by atomic mass is 16.1. The van der Waals surface area contributed by atoms with Crippen molar-refractivity contribution >= 4 is 5.78 Å². The van der Waals surface area contributed by atoms with Gasteiger partial charge >= 0.3 is 0 Å². The first kappa shape index (κ1) is 17.4. The van der Waals surface area contributed by atoms with E-state index in [0.717, 1.165) is 11.1 Å². The molecule has 0 fully saturated rings. The first-order chi connectivity index (χ1) is 11.7. The Labute approximate surface area is 150 Å². The Morgan fingerprint density at radius 2 is 1.52 bits per heavy atom. The summed E-state index contributed by atoms with van der Waals surface area (Å²) in [4.78, 5) is 15.4. The number of hydrogen-bond acceptors (Lipinski definition) is 2. The third-order valence-corrected chi connectivity index (χ3v) is 5.33. The van der Waals surface area contributed by atoms with E-state index in [1.54, 1.807) is 12.3 Å². The first-order valence-corrected chi connectivity index (χ1v) is 8.83. The summed E-state index contributed by atoms with van der Waals surface area (Å²) < 4.78 is 0. The Bertz CT molecular complexity index is 877. The summed E-state index contributed by atoms with van der Waals surface area (Å²) in [7, 11) is 0. The molecule has 0 unspecified atom stereocenters. The molecule has 3 rings (SSSR count). The molecule has 128 valence electrons. The number of Topliss-reactive ketones (excluding diaryl/α,β-unsaturated/α-hetero) is 1. The summed E-state index contributed by atoms with van der Waals surface area (Å²) in [6, 6.07) is 10.2. The van der Waals surface area contributed by atoms with Gasteiger partial charge < -0.3 is 0 Å². The van der Waals surface area contributed by atoms with Gasteiger partial charge in [0.15, 0.2) is 5.78 Å². The fourth-order valence-corrected chi connectivity index (χ4v) is 3.49. The van der Waals surface area contributed by atoms with Gasteiger partial charge in [-0.05, 0) is 59.1 Å². The number of fused-ring (bicyclic) bond motifs is 1. The second kappa shape index (κ2) is 6.15. The van der Waals surface area contributed by atoms with Gasteiger partial charge in [0.1, 0.15) is 5.69 Å². The van der Waals surface area contributed by atoms with Crippen molar-refractivity contribution in [1.29, 1.82) is 0 Å². The highest BCUT2D eigenvalue weighted by molar-refractivity contribution is 5.92. The van der Waals surface area contributed by atoms with Crippen molar-refractivity contribution in [3.8, 4) is 11.8 Å². The molecule has 2 aromatic rings. The summed E-state index contributed by atoms with van der Waals surface area (Å²) >= 11 is 0. The Balaban J connectivity index is 1.94. The predicted molar refractivity (Wildman–Crippen MR) is 102 cm³/mol. The first-order valence-electron chi connectivity index (χ1n) is 8.83. The van der Waals surface area contributed by atoms with Gasteiger partial charge in [-0.15, -0.1) is 0 Å². The van der Waals surface area contributed by atoms with E-state index in [4.69, 9.17) is 0 Å². The van der Waals surface area contributed by atoms with E-state index in [0.29, 0.717) is 5.69 Å². The monoisotopic (exact) mass is 331 g/mol. The normalized spacial score (nSPS) is 17.2. The van der Waals surface area contributed by atoms with Gasteiger partial charge in [-0.2, -0.15) is 0 Å². The van der Waals surface area contributed by atoms with Crippen molar-refractivity contribution in [2.24, 2.45) is 0 Å². The van der Waals surface area contributed by atoms with Crippen LogP contribution < -0.4 is 0 Å². The predicted octanol–water partition coefficient (Wildman–Crippen LogP) is 5.03. The zero-order valence-corrected chi connectivity index (χ0v) is 15.7. The van der Waals surface area contributed by atoms with Gasteiger partial charge in [0, 0.05) is 24.2 Å². The molecule has 0 saturated carbocycles. The number of carbonyl (C=O) groups excluding carboxylic acids is 1. The van der Waals surface area contributed by atoms with Crippen LogP contribution in [0.5, 0.6) is 0 Å². The van der Waals surface area contributed by atoms with E-state index in [-0.39, 0.29) is 16.6 Å². The van der Waals surface area contributed by atoms with Gasteiger partial charge in [0.2, 0.25) is 0 Å². The van der Waals surface area contributed by atoms with Crippen LogP contribution in [0.25, 0.3) is 0 Å². The number of hydrogen-bond donors (Lipinski definition) is 0. The third kappa shape index (κ3) is 3.51. The second-order valence-corrected chi connectivity index (χ2v) is 8.27. The molecule has 2 heteroatoms. The zero-order chi connectivity index (χ0) is 18.2. The van der Waals surface area contributed by atoms with E-state index >= 15 is 0 Å². The summed E-state index contributed by atoms with van der Waals surface area (Å²) in [6.45, 7) is 10.8. The van der Waals surface area contributed by atoms with Crippen LogP contribution >= 0.6 is 0 Å². The maximum Gasteiger partial charge on any atom is 0.178 e. The topological polar surface area (TPSA) is 30.0 Å². The minimum atomic E-state index is -0.0287. The number of carbonyl (C=O) groups is 1. The summed E-state index contributed by atoms with van der Waals surface area (Å²) in [6.07, 6.45) is 4.07. The number of rotatable bonds is 1. The lowest BCUT2D eigenvalue weighted by molar-refractivity contribution is 0.101. The maximum absolute atomic E-state index is 11.3. The lowest BCUT2D eigenvalue weighted by atomic mass is 9.63. The molecule has 2 nitrogen and oxygen atoms in total. The Hall–Kier alpha value is -2.40. The van der Waals surface area contributed by atoms with Gasteiger partial charge in [-0.1, -0.05) is 45.6 Å². The Kier molecular flexibility index (Phi) is 4.29. The van der Waals surface area contributed by atoms with Crippen LogP contribution in [0.1, 0.15) is 80.2 Å². The van der Waals surface area contributed by atoms with Crippen molar-refractivity contribution in [2.75, 3.05) is 0 Å². The summed E-state index contributed by atoms with van der Waals surface area (Å²) in [5, 5.41) is 0. The maximum atomic E-state index is 11.3. The molecular formula is C23H25NO. The average molecular weight is 331 g/mol. The third-order valence-electron chi connectivity index (χ3n) is 5.33. The highest BCUT2D eigenvalue weighted by Crippen LogP contribution is 2.45. The molecule has 0 bridgehead atoms. The molecule has 1 aromatic carbocycles. The Morgan fingerprint density at radius 3 is 2.12 bits per heavy atom. The van der Waals surface area contributed by atoms with E-state index < -0.39 is 0 Å². The van der Waals surface area contributed by atoms with Crippen molar-refractivity contribution in [2.45, 2.75) is 58.3 Å². The van der Waals surface area contributed by atoms with E-state index in [2.05, 4.69) is 62.7 Å². The van der Waals surface area contributed by atoms with Gasteiger partial charge in [0.25, 0.3) is 0 Å². The standard InChI is InChI=1S/C23H25NO/c1-16(25)21-11-9-18(15-24-21)7-6-17-8-10-19-20(14-17)23(4,5)13-12-22(19,2)3/h8-11,14-15H,12-13H2,1-5H3. The molecule has 0 radical (unpaired) electrons. The fraction of sp³-hybridized carbons (Fsp3) is 0.391. The molecule has 1 aliphatic carbocycles. The van der Waals surface area contributed by atoms with Crippen LogP contribution in [0.3, 0.4) is 0 Å². The Morgan fingerprint density at radius 1 is 0.920 bits per heavy atom. The van der Waals surface area contributed by atoms with Crippen LogP contribution in [0.4, 0.5) is 0 Å². The van der Waals surface area contributed by atoms with Crippen LogP contribution in [0.15, 0.2) is 36.5 Å². The fourth-order valence-electron chi connectivity index (χ4n) is 3.49. The van der Waals surface area contributed by atoms with Gasteiger partial charge in [-0.25, -0.2) is 0 Å². The van der Waals surface area contributed by atoms with Crippen LogP contribution in [-0.2, 0) is 10.8 Å². The molecule has 1 aliphatic rings. The molecule has 1 aromatic heterocycles. The molecule has 1 heterocycles. The highest BCUT2D eigenvalue weighted by Gasteiger charge is 2.36. The number of benzene rings is 1. The largest absolute Gasteiger partial charge is 0.293 e.